The first kappa shape index (κ1) is 19.2. The van der Waals surface area contributed by atoms with Gasteiger partial charge >= 0.3 is 0 Å². The highest BCUT2D eigenvalue weighted by Gasteiger charge is 2.24. The van der Waals surface area contributed by atoms with Crippen molar-refractivity contribution in [1.29, 1.82) is 0 Å². The van der Waals surface area contributed by atoms with Crippen LogP contribution in [0.15, 0.2) is 48.5 Å². The average molecular weight is 386 g/mol. The largest absolute Gasteiger partial charge is 0.371 e. The zero-order valence-electron chi connectivity index (χ0n) is 15.4. The molecule has 1 saturated heterocycles. The lowest BCUT2D eigenvalue weighted by atomic mass is 10.1. The fourth-order valence-electron chi connectivity index (χ4n) is 3.31. The summed E-state index contributed by atoms with van der Waals surface area (Å²) in [6.07, 6.45) is 1.02. The van der Waals surface area contributed by atoms with E-state index >= 15 is 0 Å². The third-order valence-corrected chi connectivity index (χ3v) is 5.07. The number of benzene rings is 2. The van der Waals surface area contributed by atoms with Crippen LogP contribution in [-0.2, 0) is 4.79 Å². The Balaban J connectivity index is 1.42. The van der Waals surface area contributed by atoms with Crippen molar-refractivity contribution in [2.45, 2.75) is 13.3 Å². The minimum absolute atomic E-state index is 0.0163. The highest BCUT2D eigenvalue weighted by atomic mass is 35.5. The van der Waals surface area contributed by atoms with Crippen molar-refractivity contribution in [2.75, 3.05) is 31.1 Å². The second-order valence-electron chi connectivity index (χ2n) is 6.88. The summed E-state index contributed by atoms with van der Waals surface area (Å²) in [7, 11) is 0. The molecule has 1 unspecified atom stereocenters. The van der Waals surface area contributed by atoms with Crippen LogP contribution in [0.1, 0.15) is 22.3 Å². The Morgan fingerprint density at radius 2 is 1.93 bits per heavy atom. The first-order valence-corrected chi connectivity index (χ1v) is 9.52. The number of halogens is 1. The summed E-state index contributed by atoms with van der Waals surface area (Å²) in [6, 6.07) is 14.8. The maximum Gasteiger partial charge on any atom is 0.251 e. The van der Waals surface area contributed by atoms with Gasteiger partial charge in [0.25, 0.3) is 5.91 Å². The van der Waals surface area contributed by atoms with Gasteiger partial charge in [-0.3, -0.25) is 9.59 Å². The van der Waals surface area contributed by atoms with Crippen LogP contribution in [0.25, 0.3) is 0 Å². The molecule has 6 heteroatoms. The third kappa shape index (κ3) is 5.23. The summed E-state index contributed by atoms with van der Waals surface area (Å²) >= 11 is 6.12. The summed E-state index contributed by atoms with van der Waals surface area (Å²) < 4.78 is 0. The molecular formula is C21H24ClN3O2. The molecule has 2 aromatic rings. The standard InChI is InChI=1S/C21H24ClN3O2/c1-15-7-8-18(22)11-19(15)25-10-9-16(14-25)12-23-20(26)13-24-21(27)17-5-3-2-4-6-17/h2-8,11,16H,9-10,12-14H2,1H3,(H,23,26)(H,24,27). The quantitative estimate of drug-likeness (QED) is 0.803. The minimum atomic E-state index is -0.241. The fraction of sp³-hybridized carbons (Fsp3) is 0.333. The van der Waals surface area contributed by atoms with Crippen LogP contribution in [0.5, 0.6) is 0 Å². The Morgan fingerprint density at radius 1 is 1.15 bits per heavy atom. The number of carbonyl (C=O) groups excluding carboxylic acids is 2. The molecule has 0 radical (unpaired) electrons. The monoisotopic (exact) mass is 385 g/mol. The van der Waals surface area contributed by atoms with E-state index in [0.29, 0.717) is 18.0 Å². The first-order valence-electron chi connectivity index (χ1n) is 9.14. The lowest BCUT2D eigenvalue weighted by Gasteiger charge is -2.21. The van der Waals surface area contributed by atoms with E-state index in [4.69, 9.17) is 11.6 Å². The second-order valence-corrected chi connectivity index (χ2v) is 7.32. The summed E-state index contributed by atoms with van der Waals surface area (Å²) in [5, 5.41) is 6.31. The number of aryl methyl sites for hydroxylation is 1. The van der Waals surface area contributed by atoms with Gasteiger partial charge in [0.2, 0.25) is 5.91 Å². The predicted octanol–water partition coefficient (Wildman–Crippen LogP) is 3.02. The maximum absolute atomic E-state index is 12.0. The highest BCUT2D eigenvalue weighted by molar-refractivity contribution is 6.30. The summed E-state index contributed by atoms with van der Waals surface area (Å²) in [5.74, 6) is -0.0250. The maximum atomic E-state index is 12.0. The topological polar surface area (TPSA) is 61.4 Å². The summed E-state index contributed by atoms with van der Waals surface area (Å²) in [6.45, 7) is 4.51. The van der Waals surface area contributed by atoms with Crippen LogP contribution in [0.2, 0.25) is 5.02 Å². The zero-order chi connectivity index (χ0) is 19.2. The van der Waals surface area contributed by atoms with Gasteiger partial charge in [0.15, 0.2) is 0 Å². The van der Waals surface area contributed by atoms with Crippen molar-refractivity contribution < 1.29 is 9.59 Å². The van der Waals surface area contributed by atoms with Gasteiger partial charge in [-0.15, -0.1) is 0 Å². The molecule has 142 valence electrons. The zero-order valence-corrected chi connectivity index (χ0v) is 16.1. The van der Waals surface area contributed by atoms with Crippen molar-refractivity contribution in [3.05, 3.63) is 64.7 Å². The molecule has 0 saturated carbocycles. The normalized spacial score (nSPS) is 16.2. The van der Waals surface area contributed by atoms with Gasteiger partial charge < -0.3 is 15.5 Å². The third-order valence-electron chi connectivity index (χ3n) is 4.83. The van der Waals surface area contributed by atoms with Gasteiger partial charge in [-0.1, -0.05) is 35.9 Å². The molecule has 1 fully saturated rings. The van der Waals surface area contributed by atoms with E-state index in [1.807, 2.05) is 24.3 Å². The van der Waals surface area contributed by atoms with E-state index in [1.54, 1.807) is 24.3 Å². The van der Waals surface area contributed by atoms with Crippen LogP contribution in [0.3, 0.4) is 0 Å². The van der Waals surface area contributed by atoms with E-state index in [-0.39, 0.29) is 18.4 Å². The van der Waals surface area contributed by atoms with E-state index < -0.39 is 0 Å². The smallest absolute Gasteiger partial charge is 0.251 e. The number of hydrogen-bond donors (Lipinski definition) is 2. The van der Waals surface area contributed by atoms with Crippen molar-refractivity contribution in [1.82, 2.24) is 10.6 Å². The van der Waals surface area contributed by atoms with E-state index in [9.17, 15) is 9.59 Å². The van der Waals surface area contributed by atoms with Crippen LogP contribution >= 0.6 is 11.6 Å². The molecule has 27 heavy (non-hydrogen) atoms. The van der Waals surface area contributed by atoms with Gasteiger partial charge in [0, 0.05) is 35.9 Å². The Hall–Kier alpha value is -2.53. The number of nitrogens with zero attached hydrogens (tertiary/aromatic N) is 1. The molecule has 1 aliphatic rings. The Morgan fingerprint density at radius 3 is 2.70 bits per heavy atom. The number of anilines is 1. The van der Waals surface area contributed by atoms with Crippen LogP contribution in [0, 0.1) is 12.8 Å². The Kier molecular flexibility index (Phi) is 6.35. The Bertz CT molecular complexity index is 810. The molecule has 2 aromatic carbocycles. The second kappa shape index (κ2) is 8.91. The van der Waals surface area contributed by atoms with Crippen molar-refractivity contribution >= 4 is 29.1 Å². The number of carbonyl (C=O) groups is 2. The van der Waals surface area contributed by atoms with Gasteiger partial charge in [-0.2, -0.15) is 0 Å². The predicted molar refractivity (Wildman–Crippen MR) is 108 cm³/mol. The molecule has 3 rings (SSSR count). The summed E-state index contributed by atoms with van der Waals surface area (Å²) in [4.78, 5) is 26.3. The summed E-state index contributed by atoms with van der Waals surface area (Å²) in [5.41, 5.74) is 2.91. The SMILES string of the molecule is Cc1ccc(Cl)cc1N1CCC(CNC(=O)CNC(=O)c2ccccc2)C1. The number of rotatable bonds is 6. The number of hydrogen-bond acceptors (Lipinski definition) is 3. The molecule has 0 bridgehead atoms. The lowest BCUT2D eigenvalue weighted by Crippen LogP contribution is -2.39. The van der Waals surface area contributed by atoms with E-state index in [0.717, 1.165) is 30.2 Å². The first-order chi connectivity index (χ1) is 13.0. The van der Waals surface area contributed by atoms with E-state index in [2.05, 4.69) is 22.5 Å². The molecule has 1 atom stereocenters. The van der Waals surface area contributed by atoms with Crippen LogP contribution in [-0.4, -0.2) is 38.0 Å². The lowest BCUT2D eigenvalue weighted by molar-refractivity contribution is -0.120. The van der Waals surface area contributed by atoms with Crippen LogP contribution in [0.4, 0.5) is 5.69 Å². The molecule has 0 aromatic heterocycles. The molecule has 2 N–H and O–H groups in total. The van der Waals surface area contributed by atoms with Crippen molar-refractivity contribution in [3.63, 3.8) is 0 Å². The molecule has 2 amide bonds. The molecule has 0 spiro atoms. The minimum Gasteiger partial charge on any atom is -0.371 e. The van der Waals surface area contributed by atoms with Crippen molar-refractivity contribution in [2.24, 2.45) is 5.92 Å². The average Bonchev–Trinajstić information content (AvgIpc) is 3.16. The molecular weight excluding hydrogens is 362 g/mol. The molecule has 5 nitrogen and oxygen atoms in total. The number of nitrogens with one attached hydrogen (secondary N) is 2. The fourth-order valence-corrected chi connectivity index (χ4v) is 3.48. The van der Waals surface area contributed by atoms with Gasteiger partial charge in [-0.05, 0) is 49.1 Å². The van der Waals surface area contributed by atoms with Gasteiger partial charge in [-0.25, -0.2) is 0 Å². The highest BCUT2D eigenvalue weighted by Crippen LogP contribution is 2.29. The Labute approximate surface area is 164 Å². The van der Waals surface area contributed by atoms with E-state index in [1.165, 1.54) is 5.56 Å². The van der Waals surface area contributed by atoms with Gasteiger partial charge in [0.05, 0.1) is 6.54 Å². The molecule has 1 aliphatic heterocycles. The van der Waals surface area contributed by atoms with Gasteiger partial charge in [0.1, 0.15) is 0 Å². The number of amides is 2. The molecule has 1 heterocycles. The van der Waals surface area contributed by atoms with Crippen molar-refractivity contribution in [3.8, 4) is 0 Å². The molecule has 0 aliphatic carbocycles. The van der Waals surface area contributed by atoms with Crippen LogP contribution < -0.4 is 15.5 Å².